The molecule has 1 N–H and O–H groups in total. The van der Waals surface area contributed by atoms with Gasteiger partial charge in [0.05, 0.1) is 27.2 Å². The van der Waals surface area contributed by atoms with Crippen molar-refractivity contribution in [3.05, 3.63) is 0 Å². The van der Waals surface area contributed by atoms with Gasteiger partial charge in [0.2, 0.25) is 0 Å². The Morgan fingerprint density at radius 2 is 1.44 bits per heavy atom. The molecule has 0 saturated heterocycles. The molecule has 98 valence electrons. The van der Waals surface area contributed by atoms with Gasteiger partial charge in [-0.1, -0.05) is 33.1 Å². The van der Waals surface area contributed by atoms with E-state index < -0.39 is 0 Å². The minimum Gasteiger partial charge on any atom is -0.328 e. The van der Waals surface area contributed by atoms with Crippen molar-refractivity contribution in [1.29, 1.82) is 0 Å². The monoisotopic (exact) mass is 229 g/mol. The van der Waals surface area contributed by atoms with E-state index in [1.807, 2.05) is 0 Å². The average Bonchev–Trinajstić information content (AvgIpc) is 2.24. The second-order valence-electron chi connectivity index (χ2n) is 5.50. The molecule has 0 radical (unpaired) electrons. The van der Waals surface area contributed by atoms with E-state index in [0.29, 0.717) is 0 Å². The normalized spacial score (nSPS) is 12.0. The first-order chi connectivity index (χ1) is 7.62. The summed E-state index contributed by atoms with van der Waals surface area (Å²) in [4.78, 5) is 0. The molecule has 0 heterocycles. The van der Waals surface area contributed by atoms with Gasteiger partial charge in [-0.3, -0.25) is 0 Å². The molecule has 0 fully saturated rings. The van der Waals surface area contributed by atoms with Crippen LogP contribution in [0.1, 0.15) is 52.4 Å². The molecule has 0 unspecified atom stereocenters. The summed E-state index contributed by atoms with van der Waals surface area (Å²) < 4.78 is 1.19. The average molecular weight is 229 g/mol. The van der Waals surface area contributed by atoms with Crippen molar-refractivity contribution in [1.82, 2.24) is 5.32 Å². The quantitative estimate of drug-likeness (QED) is 0.424. The smallest absolute Gasteiger partial charge is 0.0794 e. The van der Waals surface area contributed by atoms with Crippen molar-refractivity contribution in [3.8, 4) is 0 Å². The number of rotatable bonds is 11. The summed E-state index contributed by atoms with van der Waals surface area (Å²) in [7, 11) is 4.73. The molecule has 0 atom stereocenters. The summed E-state index contributed by atoms with van der Waals surface area (Å²) >= 11 is 0. The molecule has 0 aliphatic rings. The van der Waals surface area contributed by atoms with E-state index in [2.05, 4.69) is 33.3 Å². The maximum atomic E-state index is 3.39. The van der Waals surface area contributed by atoms with Gasteiger partial charge in [0.15, 0.2) is 0 Å². The highest BCUT2D eigenvalue weighted by atomic mass is 15.3. The van der Waals surface area contributed by atoms with Gasteiger partial charge in [0, 0.05) is 13.0 Å². The van der Waals surface area contributed by atoms with Crippen molar-refractivity contribution >= 4 is 0 Å². The van der Waals surface area contributed by atoms with Crippen LogP contribution in [-0.2, 0) is 0 Å². The highest BCUT2D eigenvalue weighted by Crippen LogP contribution is 2.07. The molecule has 0 amide bonds. The lowest BCUT2D eigenvalue weighted by Crippen LogP contribution is -2.42. The molecule has 0 rings (SSSR count). The van der Waals surface area contributed by atoms with Crippen molar-refractivity contribution < 1.29 is 4.48 Å². The van der Waals surface area contributed by atoms with E-state index in [4.69, 9.17) is 0 Å². The molecule has 0 aromatic rings. The molecular weight excluding hydrogens is 196 g/mol. The zero-order valence-corrected chi connectivity index (χ0v) is 12.0. The van der Waals surface area contributed by atoms with E-state index in [1.54, 1.807) is 0 Å². The Labute approximate surface area is 103 Å². The van der Waals surface area contributed by atoms with Crippen LogP contribution in [0.15, 0.2) is 0 Å². The number of unbranched alkanes of at least 4 members (excludes halogenated alkanes) is 4. The fraction of sp³-hybridized carbons (Fsp3) is 1.00. The summed E-state index contributed by atoms with van der Waals surface area (Å²) in [6.07, 6.45) is 8.30. The van der Waals surface area contributed by atoms with Crippen molar-refractivity contribution in [3.63, 3.8) is 0 Å². The molecule has 2 heteroatoms. The van der Waals surface area contributed by atoms with Gasteiger partial charge in [0.1, 0.15) is 0 Å². The fourth-order valence-corrected chi connectivity index (χ4v) is 2.06. The Hall–Kier alpha value is -0.0800. The number of quaternary nitrogens is 1. The minimum atomic E-state index is 1.10. The van der Waals surface area contributed by atoms with Gasteiger partial charge in [-0.2, -0.15) is 0 Å². The van der Waals surface area contributed by atoms with Gasteiger partial charge < -0.3 is 9.80 Å². The SMILES string of the molecule is CCCCCCC[N+](C)(C)CCCNCC. The van der Waals surface area contributed by atoms with E-state index in [-0.39, 0.29) is 0 Å². The molecule has 0 aliphatic carbocycles. The van der Waals surface area contributed by atoms with Crippen molar-refractivity contribution in [2.75, 3.05) is 40.3 Å². The van der Waals surface area contributed by atoms with Crippen LogP contribution in [-0.4, -0.2) is 44.8 Å². The molecule has 16 heavy (non-hydrogen) atoms. The lowest BCUT2D eigenvalue weighted by atomic mass is 10.1. The lowest BCUT2D eigenvalue weighted by molar-refractivity contribution is -0.890. The van der Waals surface area contributed by atoms with Crippen LogP contribution in [0.3, 0.4) is 0 Å². The number of nitrogens with zero attached hydrogens (tertiary/aromatic N) is 1. The Morgan fingerprint density at radius 1 is 0.812 bits per heavy atom. The maximum absolute atomic E-state index is 3.39. The zero-order valence-electron chi connectivity index (χ0n) is 12.0. The third kappa shape index (κ3) is 10.4. The highest BCUT2D eigenvalue weighted by Gasteiger charge is 2.13. The summed E-state index contributed by atoms with van der Waals surface area (Å²) in [5.74, 6) is 0. The lowest BCUT2D eigenvalue weighted by Gasteiger charge is -2.30. The maximum Gasteiger partial charge on any atom is 0.0794 e. The number of nitrogens with one attached hydrogen (secondary N) is 1. The van der Waals surface area contributed by atoms with Gasteiger partial charge >= 0.3 is 0 Å². The minimum absolute atomic E-state index is 1.10. The van der Waals surface area contributed by atoms with Crippen molar-refractivity contribution in [2.45, 2.75) is 52.4 Å². The largest absolute Gasteiger partial charge is 0.328 e. The number of hydrogen-bond donors (Lipinski definition) is 1. The topological polar surface area (TPSA) is 12.0 Å². The first kappa shape index (κ1) is 15.9. The third-order valence-electron chi connectivity index (χ3n) is 3.23. The molecule has 0 bridgehead atoms. The van der Waals surface area contributed by atoms with Crippen LogP contribution in [0.2, 0.25) is 0 Å². The predicted octanol–water partition coefficient (Wildman–Crippen LogP) is 3.03. The van der Waals surface area contributed by atoms with Gasteiger partial charge in [-0.15, -0.1) is 0 Å². The molecule has 2 nitrogen and oxygen atoms in total. The summed E-state index contributed by atoms with van der Waals surface area (Å²) in [5, 5.41) is 3.39. The Bertz CT molecular complexity index is 144. The Kier molecular flexibility index (Phi) is 10.0. The van der Waals surface area contributed by atoms with Crippen LogP contribution in [0.5, 0.6) is 0 Å². The highest BCUT2D eigenvalue weighted by molar-refractivity contribution is 4.46. The second kappa shape index (κ2) is 10.1. The van der Waals surface area contributed by atoms with Crippen LogP contribution in [0.25, 0.3) is 0 Å². The van der Waals surface area contributed by atoms with Crippen LogP contribution < -0.4 is 5.32 Å². The molecule has 0 aliphatic heterocycles. The third-order valence-corrected chi connectivity index (χ3v) is 3.23. The molecule has 0 saturated carbocycles. The molecule has 0 aromatic carbocycles. The van der Waals surface area contributed by atoms with E-state index >= 15 is 0 Å². The van der Waals surface area contributed by atoms with Gasteiger partial charge in [-0.25, -0.2) is 0 Å². The summed E-state index contributed by atoms with van der Waals surface area (Å²) in [5.41, 5.74) is 0. The molecule has 0 spiro atoms. The van der Waals surface area contributed by atoms with Gasteiger partial charge in [-0.05, 0) is 19.4 Å². The summed E-state index contributed by atoms with van der Waals surface area (Å²) in [6.45, 7) is 9.38. The van der Waals surface area contributed by atoms with Crippen LogP contribution >= 0.6 is 0 Å². The standard InChI is InChI=1S/C14H33N2/c1-5-7-8-9-10-13-16(3,4)14-11-12-15-6-2/h15H,5-14H2,1-4H3/q+1. The zero-order chi connectivity index (χ0) is 12.3. The first-order valence-corrected chi connectivity index (χ1v) is 7.15. The van der Waals surface area contributed by atoms with Crippen molar-refractivity contribution in [2.24, 2.45) is 0 Å². The second-order valence-corrected chi connectivity index (χ2v) is 5.50. The van der Waals surface area contributed by atoms with E-state index in [0.717, 1.165) is 6.54 Å². The first-order valence-electron chi connectivity index (χ1n) is 7.15. The Balaban J connectivity index is 3.38. The molecule has 0 aromatic heterocycles. The van der Waals surface area contributed by atoms with E-state index in [1.165, 1.54) is 62.6 Å². The predicted molar refractivity (Wildman–Crippen MR) is 73.8 cm³/mol. The van der Waals surface area contributed by atoms with Crippen LogP contribution in [0, 0.1) is 0 Å². The summed E-state index contributed by atoms with van der Waals surface area (Å²) in [6, 6.07) is 0. The fourth-order valence-electron chi connectivity index (χ4n) is 2.06. The molecular formula is C14H33N2+. The number of hydrogen-bond acceptors (Lipinski definition) is 1. The van der Waals surface area contributed by atoms with Crippen LogP contribution in [0.4, 0.5) is 0 Å². The van der Waals surface area contributed by atoms with Gasteiger partial charge in [0.25, 0.3) is 0 Å². The Morgan fingerprint density at radius 3 is 2.06 bits per heavy atom. The van der Waals surface area contributed by atoms with E-state index in [9.17, 15) is 0 Å².